The van der Waals surface area contributed by atoms with Gasteiger partial charge in [0, 0.05) is 6.92 Å². The number of rotatable bonds is 1. The summed E-state index contributed by atoms with van der Waals surface area (Å²) in [4.78, 5) is 10.3. The fourth-order valence-electron chi connectivity index (χ4n) is 0.305. The molecule has 0 aliphatic heterocycles. The SMILES string of the molecule is CC(=O)OSC(=S)OC(C)C. The number of hydrogen-bond donors (Lipinski definition) is 0. The van der Waals surface area contributed by atoms with Crippen LogP contribution in [0.3, 0.4) is 0 Å². The average Bonchev–Trinajstić information content (AvgIpc) is 1.82. The van der Waals surface area contributed by atoms with Gasteiger partial charge in [0.1, 0.15) is 12.0 Å². The fourth-order valence-corrected chi connectivity index (χ4v) is 1.02. The van der Waals surface area contributed by atoms with E-state index in [1.165, 1.54) is 6.92 Å². The van der Waals surface area contributed by atoms with Gasteiger partial charge in [0.15, 0.2) is 0 Å². The Morgan fingerprint density at radius 3 is 2.45 bits per heavy atom. The molecule has 0 radical (unpaired) electrons. The molecular formula is C6H10O3S2. The number of hydrogen-bond acceptors (Lipinski definition) is 5. The summed E-state index contributed by atoms with van der Waals surface area (Å²) in [6.45, 7) is 5.01. The topological polar surface area (TPSA) is 35.5 Å². The molecule has 0 amide bonds. The molecule has 0 heterocycles. The summed E-state index contributed by atoms with van der Waals surface area (Å²) in [6, 6.07) is 0. The Balaban J connectivity index is 3.45. The van der Waals surface area contributed by atoms with Crippen LogP contribution in [0.25, 0.3) is 0 Å². The molecule has 0 saturated carbocycles. The van der Waals surface area contributed by atoms with Gasteiger partial charge in [-0.25, -0.2) is 0 Å². The van der Waals surface area contributed by atoms with Crippen LogP contribution in [-0.2, 0) is 13.7 Å². The third-order valence-corrected chi connectivity index (χ3v) is 1.41. The molecule has 0 N–H and O–H groups in total. The van der Waals surface area contributed by atoms with Gasteiger partial charge in [-0.1, -0.05) is 0 Å². The van der Waals surface area contributed by atoms with E-state index in [-0.39, 0.29) is 16.5 Å². The van der Waals surface area contributed by atoms with Crippen molar-refractivity contribution in [3.8, 4) is 0 Å². The number of ether oxygens (including phenoxy) is 1. The molecule has 64 valence electrons. The van der Waals surface area contributed by atoms with Crippen LogP contribution in [0.2, 0.25) is 0 Å². The van der Waals surface area contributed by atoms with Gasteiger partial charge in [0.2, 0.25) is 0 Å². The van der Waals surface area contributed by atoms with Crippen molar-refractivity contribution in [2.75, 3.05) is 0 Å². The van der Waals surface area contributed by atoms with Crippen LogP contribution < -0.4 is 0 Å². The highest BCUT2D eigenvalue weighted by Gasteiger charge is 2.04. The minimum Gasteiger partial charge on any atom is -0.474 e. The lowest BCUT2D eigenvalue weighted by Gasteiger charge is -2.07. The molecule has 5 heteroatoms. The first-order chi connectivity index (χ1) is 5.02. The largest absolute Gasteiger partial charge is 0.474 e. The number of carbonyl (C=O) groups is 1. The third kappa shape index (κ3) is 7.61. The van der Waals surface area contributed by atoms with Crippen LogP contribution in [0.4, 0.5) is 0 Å². The van der Waals surface area contributed by atoms with Gasteiger partial charge in [0.05, 0.1) is 6.10 Å². The summed E-state index contributed by atoms with van der Waals surface area (Å²) in [7, 11) is 0. The summed E-state index contributed by atoms with van der Waals surface area (Å²) in [5.41, 5.74) is 0. The third-order valence-electron chi connectivity index (χ3n) is 0.559. The Morgan fingerprint density at radius 1 is 1.55 bits per heavy atom. The second-order valence-electron chi connectivity index (χ2n) is 2.07. The predicted molar refractivity (Wildman–Crippen MR) is 48.2 cm³/mol. The standard InChI is InChI=1S/C6H10O3S2/c1-4(2)8-6(10)11-9-5(3)7/h4H,1-3H3. The lowest BCUT2D eigenvalue weighted by Crippen LogP contribution is -2.07. The maximum absolute atomic E-state index is 10.3. The first-order valence-corrected chi connectivity index (χ1v) is 4.23. The average molecular weight is 194 g/mol. The van der Waals surface area contributed by atoms with Crippen LogP contribution in [0, 0.1) is 0 Å². The molecule has 0 fully saturated rings. The maximum Gasteiger partial charge on any atom is 0.315 e. The molecule has 0 aliphatic rings. The lowest BCUT2D eigenvalue weighted by atomic mass is 10.5. The molecular weight excluding hydrogens is 184 g/mol. The van der Waals surface area contributed by atoms with Crippen LogP contribution in [0.5, 0.6) is 0 Å². The molecule has 0 aromatic rings. The first-order valence-electron chi connectivity index (χ1n) is 3.08. The zero-order chi connectivity index (χ0) is 8.85. The smallest absolute Gasteiger partial charge is 0.315 e. The van der Waals surface area contributed by atoms with Crippen molar-refractivity contribution < 1.29 is 13.7 Å². The van der Waals surface area contributed by atoms with E-state index in [9.17, 15) is 4.79 Å². The second kappa shape index (κ2) is 5.37. The van der Waals surface area contributed by atoms with Gasteiger partial charge < -0.3 is 8.92 Å². The van der Waals surface area contributed by atoms with Crippen LogP contribution >= 0.6 is 24.3 Å². The van der Waals surface area contributed by atoms with Crippen molar-refractivity contribution in [2.45, 2.75) is 26.9 Å². The number of carbonyl (C=O) groups excluding carboxylic acids is 1. The molecule has 0 rings (SSSR count). The highest BCUT2D eigenvalue weighted by atomic mass is 32.2. The van der Waals surface area contributed by atoms with Gasteiger partial charge in [-0.15, -0.1) is 0 Å². The highest BCUT2D eigenvalue weighted by molar-refractivity contribution is 8.19. The summed E-state index contributed by atoms with van der Waals surface area (Å²) in [5, 5.41) is 0. The molecule has 0 bridgehead atoms. The van der Waals surface area contributed by atoms with E-state index in [0.29, 0.717) is 0 Å². The van der Waals surface area contributed by atoms with Crippen molar-refractivity contribution in [2.24, 2.45) is 0 Å². The van der Waals surface area contributed by atoms with E-state index >= 15 is 0 Å². The highest BCUT2D eigenvalue weighted by Crippen LogP contribution is 2.09. The van der Waals surface area contributed by atoms with E-state index in [1.807, 2.05) is 13.8 Å². The van der Waals surface area contributed by atoms with Gasteiger partial charge in [-0.05, 0) is 26.1 Å². The zero-order valence-electron chi connectivity index (χ0n) is 6.62. The van der Waals surface area contributed by atoms with E-state index in [0.717, 1.165) is 12.0 Å². The monoisotopic (exact) mass is 194 g/mol. The van der Waals surface area contributed by atoms with Gasteiger partial charge >= 0.3 is 5.97 Å². The maximum atomic E-state index is 10.3. The van der Waals surface area contributed by atoms with Crippen molar-refractivity contribution in [3.05, 3.63) is 0 Å². The summed E-state index contributed by atoms with van der Waals surface area (Å²) >= 11 is 5.48. The van der Waals surface area contributed by atoms with E-state index in [2.05, 4.69) is 4.18 Å². The predicted octanol–water partition coefficient (Wildman–Crippen LogP) is 1.91. The quantitative estimate of drug-likeness (QED) is 0.470. The molecule has 0 saturated heterocycles. The minimum atomic E-state index is -0.385. The summed E-state index contributed by atoms with van der Waals surface area (Å²) < 4.78 is 9.77. The zero-order valence-corrected chi connectivity index (χ0v) is 8.25. The van der Waals surface area contributed by atoms with Gasteiger partial charge in [-0.2, -0.15) is 0 Å². The van der Waals surface area contributed by atoms with Crippen molar-refractivity contribution in [3.63, 3.8) is 0 Å². The summed E-state index contributed by atoms with van der Waals surface area (Å²) in [5.74, 6) is -0.385. The Labute approximate surface area is 75.6 Å². The van der Waals surface area contributed by atoms with E-state index < -0.39 is 0 Å². The van der Waals surface area contributed by atoms with Gasteiger partial charge in [0.25, 0.3) is 4.38 Å². The van der Waals surface area contributed by atoms with Gasteiger partial charge in [-0.3, -0.25) is 4.79 Å². The van der Waals surface area contributed by atoms with Crippen molar-refractivity contribution in [1.29, 1.82) is 0 Å². The molecule has 0 aromatic heterocycles. The Morgan fingerprint density at radius 2 is 2.09 bits per heavy atom. The lowest BCUT2D eigenvalue weighted by molar-refractivity contribution is -0.130. The van der Waals surface area contributed by atoms with E-state index in [1.54, 1.807) is 0 Å². The minimum absolute atomic E-state index is 0.0190. The molecule has 11 heavy (non-hydrogen) atoms. The Kier molecular flexibility index (Phi) is 5.23. The molecule has 3 nitrogen and oxygen atoms in total. The molecule has 0 aromatic carbocycles. The molecule has 0 aliphatic carbocycles. The first kappa shape index (κ1) is 10.7. The van der Waals surface area contributed by atoms with Crippen molar-refractivity contribution >= 4 is 34.6 Å². The van der Waals surface area contributed by atoms with Crippen LogP contribution in [-0.4, -0.2) is 16.5 Å². The molecule has 0 spiro atoms. The molecule has 0 unspecified atom stereocenters. The van der Waals surface area contributed by atoms with Crippen LogP contribution in [0.15, 0.2) is 0 Å². The van der Waals surface area contributed by atoms with Crippen molar-refractivity contribution in [1.82, 2.24) is 0 Å². The van der Waals surface area contributed by atoms with Crippen LogP contribution in [0.1, 0.15) is 20.8 Å². The molecule has 0 atom stereocenters. The Bertz CT molecular complexity index is 156. The van der Waals surface area contributed by atoms with E-state index in [4.69, 9.17) is 17.0 Å². The fraction of sp³-hybridized carbons (Fsp3) is 0.667. The second-order valence-corrected chi connectivity index (χ2v) is 3.41. The number of thiocarbonyl (C=S) groups is 1. The Hall–Kier alpha value is -0.290. The summed E-state index contributed by atoms with van der Waals surface area (Å²) in [6.07, 6.45) is 0.0190. The normalized spacial score (nSPS) is 9.45.